The first-order valence-corrected chi connectivity index (χ1v) is 12.3. The number of hydrogen-bond donors (Lipinski definition) is 2. The molecule has 4 rings (SSSR count). The normalized spacial score (nSPS) is 34.0. The predicted molar refractivity (Wildman–Crippen MR) is 122 cm³/mol. The van der Waals surface area contributed by atoms with Crippen molar-refractivity contribution in [2.75, 3.05) is 13.2 Å². The number of ether oxygens (including phenoxy) is 1. The second-order valence-electron chi connectivity index (χ2n) is 9.32. The zero-order valence-electron chi connectivity index (χ0n) is 19.0. The summed E-state index contributed by atoms with van der Waals surface area (Å²) in [7, 11) is 0. The van der Waals surface area contributed by atoms with Crippen molar-refractivity contribution in [3.8, 4) is 0 Å². The quantitative estimate of drug-likeness (QED) is 0.606. The average molecular weight is 461 g/mol. The Bertz CT molecular complexity index is 894. The smallest absolute Gasteiger partial charge is 0.310 e. The number of esters is 1. The summed E-state index contributed by atoms with van der Waals surface area (Å²) in [6.07, 6.45) is 0.756. The number of benzene rings is 1. The standard InChI is InChI=1S/C24H32N2O5S/c1-5-31-23(30)18-17-11-14(4)24(32-17)19(18)22(29)26(20(24)21(28)25-13(2)3)16(12-27)15-9-7-6-8-10-15/h6-10,13-14,16-20,27H,5,11-12H2,1-4H3,(H,25,28)/t14?,16-,17+,18-,19+,20?,24?/m1/s1. The van der Waals surface area contributed by atoms with Crippen molar-refractivity contribution >= 4 is 29.5 Å². The summed E-state index contributed by atoms with van der Waals surface area (Å²) < 4.78 is 4.64. The van der Waals surface area contributed by atoms with E-state index < -0.39 is 28.7 Å². The van der Waals surface area contributed by atoms with Crippen molar-refractivity contribution in [3.63, 3.8) is 0 Å². The summed E-state index contributed by atoms with van der Waals surface area (Å²) in [5.41, 5.74) is 0.766. The Balaban J connectivity index is 1.84. The zero-order valence-corrected chi connectivity index (χ0v) is 19.8. The molecule has 2 bridgehead atoms. The molecule has 1 spiro atoms. The number of carbonyl (C=O) groups is 3. The van der Waals surface area contributed by atoms with Gasteiger partial charge in [0.15, 0.2) is 0 Å². The molecule has 1 aromatic carbocycles. The second-order valence-corrected chi connectivity index (χ2v) is 10.9. The van der Waals surface area contributed by atoms with Crippen molar-refractivity contribution in [2.24, 2.45) is 17.8 Å². The van der Waals surface area contributed by atoms with E-state index >= 15 is 0 Å². The van der Waals surface area contributed by atoms with Gasteiger partial charge in [0.2, 0.25) is 11.8 Å². The molecule has 3 fully saturated rings. The molecular weight excluding hydrogens is 428 g/mol. The van der Waals surface area contributed by atoms with Gasteiger partial charge in [-0.1, -0.05) is 37.3 Å². The molecule has 0 saturated carbocycles. The van der Waals surface area contributed by atoms with E-state index in [4.69, 9.17) is 4.74 Å². The van der Waals surface area contributed by atoms with Gasteiger partial charge in [0.05, 0.1) is 35.8 Å². The lowest BCUT2D eigenvalue weighted by molar-refractivity contribution is -0.154. The van der Waals surface area contributed by atoms with E-state index in [1.807, 2.05) is 44.2 Å². The Morgan fingerprint density at radius 3 is 2.59 bits per heavy atom. The minimum atomic E-state index is -0.774. The summed E-state index contributed by atoms with van der Waals surface area (Å²) in [6, 6.07) is 7.75. The first-order valence-electron chi connectivity index (χ1n) is 11.4. The first-order chi connectivity index (χ1) is 15.3. The molecule has 2 amide bonds. The van der Waals surface area contributed by atoms with Crippen LogP contribution in [0.2, 0.25) is 0 Å². The van der Waals surface area contributed by atoms with Crippen LogP contribution in [0.4, 0.5) is 0 Å². The van der Waals surface area contributed by atoms with Gasteiger partial charge in [-0.15, -0.1) is 11.8 Å². The van der Waals surface area contributed by atoms with Crippen LogP contribution < -0.4 is 5.32 Å². The topological polar surface area (TPSA) is 95.9 Å². The summed E-state index contributed by atoms with van der Waals surface area (Å²) in [5, 5.41) is 13.3. The molecule has 32 heavy (non-hydrogen) atoms. The highest BCUT2D eigenvalue weighted by molar-refractivity contribution is 8.02. The maximum Gasteiger partial charge on any atom is 0.310 e. The SMILES string of the molecule is CCOC(=O)[C@@H]1[C@@H]2CC(C)C3(S2)C(C(=O)NC(C)C)N([C@H](CO)c2ccccc2)C(=O)[C@H]13. The number of fused-ring (bicyclic) bond motifs is 1. The Morgan fingerprint density at radius 2 is 2.00 bits per heavy atom. The number of hydrogen-bond acceptors (Lipinski definition) is 6. The van der Waals surface area contributed by atoms with Crippen LogP contribution in [0, 0.1) is 17.8 Å². The van der Waals surface area contributed by atoms with E-state index in [1.54, 1.807) is 23.6 Å². The molecule has 0 radical (unpaired) electrons. The van der Waals surface area contributed by atoms with Crippen LogP contribution in [0.25, 0.3) is 0 Å². The lowest BCUT2D eigenvalue weighted by Crippen LogP contribution is -2.57. The second kappa shape index (κ2) is 8.71. The molecule has 3 aliphatic heterocycles. The number of nitrogens with zero attached hydrogens (tertiary/aromatic N) is 1. The van der Waals surface area contributed by atoms with E-state index in [9.17, 15) is 19.5 Å². The van der Waals surface area contributed by atoms with Gasteiger partial charge >= 0.3 is 5.97 Å². The van der Waals surface area contributed by atoms with Crippen molar-refractivity contribution in [1.29, 1.82) is 0 Å². The highest BCUT2D eigenvalue weighted by Gasteiger charge is 2.76. The van der Waals surface area contributed by atoms with Crippen molar-refractivity contribution in [3.05, 3.63) is 35.9 Å². The molecule has 3 saturated heterocycles. The lowest BCUT2D eigenvalue weighted by Gasteiger charge is -2.40. The highest BCUT2D eigenvalue weighted by Crippen LogP contribution is 2.69. The minimum absolute atomic E-state index is 0.0428. The Labute approximate surface area is 193 Å². The Morgan fingerprint density at radius 1 is 1.31 bits per heavy atom. The molecule has 7 atom stereocenters. The fraction of sp³-hybridized carbons (Fsp3) is 0.625. The zero-order chi connectivity index (χ0) is 23.2. The third-order valence-corrected chi connectivity index (χ3v) is 9.19. The molecular formula is C24H32N2O5S. The van der Waals surface area contributed by atoms with Crippen molar-refractivity contribution < 1.29 is 24.2 Å². The lowest BCUT2D eigenvalue weighted by atomic mass is 9.66. The summed E-state index contributed by atoms with van der Waals surface area (Å²) >= 11 is 1.61. The van der Waals surface area contributed by atoms with Crippen LogP contribution in [-0.2, 0) is 19.1 Å². The fourth-order valence-electron chi connectivity index (χ4n) is 5.99. The van der Waals surface area contributed by atoms with Crippen LogP contribution in [-0.4, -0.2) is 63.1 Å². The average Bonchev–Trinajstić information content (AvgIpc) is 3.33. The van der Waals surface area contributed by atoms with Gasteiger partial charge in [-0.2, -0.15) is 0 Å². The molecule has 8 heteroatoms. The summed E-state index contributed by atoms with van der Waals surface area (Å²) in [6.45, 7) is 7.55. The van der Waals surface area contributed by atoms with E-state index in [1.165, 1.54) is 0 Å². The largest absolute Gasteiger partial charge is 0.466 e. The highest BCUT2D eigenvalue weighted by atomic mass is 32.2. The van der Waals surface area contributed by atoms with Crippen LogP contribution >= 0.6 is 11.8 Å². The molecule has 3 unspecified atom stereocenters. The summed E-state index contributed by atoms with van der Waals surface area (Å²) in [5.74, 6) is -1.97. The maximum absolute atomic E-state index is 14.0. The van der Waals surface area contributed by atoms with Crippen LogP contribution in [0.5, 0.6) is 0 Å². The number of aliphatic hydroxyl groups is 1. The Hall–Kier alpha value is -2.06. The van der Waals surface area contributed by atoms with Gasteiger partial charge in [0.25, 0.3) is 0 Å². The van der Waals surface area contributed by atoms with Gasteiger partial charge in [0.1, 0.15) is 6.04 Å². The number of likely N-dealkylation sites (tertiary alicyclic amines) is 1. The third-order valence-electron chi connectivity index (χ3n) is 7.11. The minimum Gasteiger partial charge on any atom is -0.466 e. The summed E-state index contributed by atoms with van der Waals surface area (Å²) in [4.78, 5) is 42.1. The molecule has 3 heterocycles. The fourth-order valence-corrected chi connectivity index (χ4v) is 8.39. The number of thioether (sulfide) groups is 1. The van der Waals surface area contributed by atoms with Gasteiger partial charge in [-0.05, 0) is 38.7 Å². The van der Waals surface area contributed by atoms with Crippen LogP contribution in [0.15, 0.2) is 30.3 Å². The van der Waals surface area contributed by atoms with Gasteiger partial charge in [-0.25, -0.2) is 0 Å². The maximum atomic E-state index is 14.0. The van der Waals surface area contributed by atoms with Crippen molar-refractivity contribution in [2.45, 2.75) is 62.2 Å². The van der Waals surface area contributed by atoms with Crippen LogP contribution in [0.1, 0.15) is 45.7 Å². The number of amides is 2. The molecule has 0 aliphatic carbocycles. The van der Waals surface area contributed by atoms with Crippen molar-refractivity contribution in [1.82, 2.24) is 10.2 Å². The molecule has 2 N–H and O–H groups in total. The van der Waals surface area contributed by atoms with E-state index in [2.05, 4.69) is 12.2 Å². The number of aliphatic hydroxyl groups excluding tert-OH is 1. The molecule has 3 aliphatic rings. The first kappa shape index (κ1) is 23.1. The van der Waals surface area contributed by atoms with Crippen LogP contribution in [0.3, 0.4) is 0 Å². The van der Waals surface area contributed by atoms with Gasteiger partial charge < -0.3 is 20.1 Å². The third kappa shape index (κ3) is 3.34. The monoisotopic (exact) mass is 460 g/mol. The Kier molecular flexibility index (Phi) is 6.29. The molecule has 174 valence electrons. The molecule has 1 aromatic rings. The molecule has 0 aromatic heterocycles. The van der Waals surface area contributed by atoms with E-state index in [-0.39, 0.29) is 48.2 Å². The predicted octanol–water partition coefficient (Wildman–Crippen LogP) is 2.14. The molecule has 7 nitrogen and oxygen atoms in total. The number of rotatable bonds is 7. The number of nitrogens with one attached hydrogen (secondary N) is 1. The van der Waals surface area contributed by atoms with E-state index in [0.717, 1.165) is 12.0 Å². The number of carbonyl (C=O) groups excluding carboxylic acids is 3. The van der Waals surface area contributed by atoms with Gasteiger partial charge in [0, 0.05) is 11.3 Å². The van der Waals surface area contributed by atoms with Gasteiger partial charge in [-0.3, -0.25) is 14.4 Å². The van der Waals surface area contributed by atoms with E-state index in [0.29, 0.717) is 0 Å².